The molecular formula is C22H34N2O3S. The molecule has 1 aromatic rings. The summed E-state index contributed by atoms with van der Waals surface area (Å²) < 4.78 is 28.3. The predicted octanol–water partition coefficient (Wildman–Crippen LogP) is 3.93. The Morgan fingerprint density at radius 2 is 1.75 bits per heavy atom. The van der Waals surface area contributed by atoms with Gasteiger partial charge in [-0.15, -0.1) is 0 Å². The summed E-state index contributed by atoms with van der Waals surface area (Å²) in [5.74, 6) is 0.959. The predicted molar refractivity (Wildman–Crippen MR) is 112 cm³/mol. The highest BCUT2D eigenvalue weighted by Gasteiger charge is 2.27. The second kappa shape index (κ2) is 9.40. The molecule has 2 aliphatic rings. The minimum atomic E-state index is -3.52. The topological polar surface area (TPSA) is 66.5 Å². The first-order chi connectivity index (χ1) is 13.3. The number of piperidine rings is 1. The number of likely N-dealkylation sites (tertiary alicyclic amines) is 1. The van der Waals surface area contributed by atoms with E-state index in [9.17, 15) is 13.2 Å². The van der Waals surface area contributed by atoms with E-state index in [1.807, 2.05) is 30.9 Å². The lowest BCUT2D eigenvalue weighted by atomic mass is 9.86. The van der Waals surface area contributed by atoms with Gasteiger partial charge in [-0.3, -0.25) is 4.79 Å². The fourth-order valence-corrected chi connectivity index (χ4v) is 6.12. The van der Waals surface area contributed by atoms with E-state index in [1.54, 1.807) is 6.07 Å². The molecule has 2 fully saturated rings. The van der Waals surface area contributed by atoms with Crippen LogP contribution in [0.25, 0.3) is 0 Å². The maximum absolute atomic E-state index is 12.7. The van der Waals surface area contributed by atoms with Gasteiger partial charge < -0.3 is 4.90 Å². The van der Waals surface area contributed by atoms with Crippen molar-refractivity contribution in [1.82, 2.24) is 9.62 Å². The summed E-state index contributed by atoms with van der Waals surface area (Å²) in [4.78, 5) is 14.8. The summed E-state index contributed by atoms with van der Waals surface area (Å²) >= 11 is 0. The first-order valence-electron chi connectivity index (χ1n) is 10.7. The van der Waals surface area contributed by atoms with Crippen LogP contribution in [-0.2, 0) is 14.8 Å². The van der Waals surface area contributed by atoms with E-state index in [2.05, 4.69) is 4.72 Å². The van der Waals surface area contributed by atoms with E-state index in [0.29, 0.717) is 37.2 Å². The van der Waals surface area contributed by atoms with Crippen LogP contribution in [0.4, 0.5) is 0 Å². The molecule has 0 bridgehead atoms. The Morgan fingerprint density at radius 3 is 2.39 bits per heavy atom. The number of aryl methyl sites for hydroxylation is 2. The molecule has 1 saturated heterocycles. The molecule has 5 nitrogen and oxygen atoms in total. The number of hydrogen-bond acceptors (Lipinski definition) is 3. The van der Waals surface area contributed by atoms with Crippen LogP contribution in [0.3, 0.4) is 0 Å². The monoisotopic (exact) mass is 406 g/mol. The van der Waals surface area contributed by atoms with Crippen molar-refractivity contribution in [2.75, 3.05) is 13.1 Å². The SMILES string of the molecule is Cc1ccc(S(=O)(=O)NC2CCN(C(=O)CCC3CCCCC3)CC2)c(C)c1. The van der Waals surface area contributed by atoms with Crippen LogP contribution in [0, 0.1) is 19.8 Å². The Balaban J connectivity index is 1.47. The summed E-state index contributed by atoms with van der Waals surface area (Å²) in [5, 5.41) is 0. The van der Waals surface area contributed by atoms with Gasteiger partial charge in [0.25, 0.3) is 0 Å². The number of nitrogens with one attached hydrogen (secondary N) is 1. The zero-order chi connectivity index (χ0) is 20.1. The van der Waals surface area contributed by atoms with Crippen molar-refractivity contribution < 1.29 is 13.2 Å². The van der Waals surface area contributed by atoms with Crippen molar-refractivity contribution in [2.24, 2.45) is 5.92 Å². The van der Waals surface area contributed by atoms with Gasteiger partial charge in [0, 0.05) is 25.6 Å². The van der Waals surface area contributed by atoms with Gasteiger partial charge in [0.05, 0.1) is 4.90 Å². The zero-order valence-corrected chi connectivity index (χ0v) is 18.1. The molecule has 1 heterocycles. The van der Waals surface area contributed by atoms with Gasteiger partial charge in [0.1, 0.15) is 0 Å². The molecule has 3 rings (SSSR count). The molecule has 28 heavy (non-hydrogen) atoms. The highest BCUT2D eigenvalue weighted by Crippen LogP contribution is 2.28. The quantitative estimate of drug-likeness (QED) is 0.778. The van der Waals surface area contributed by atoms with E-state index in [0.717, 1.165) is 23.5 Å². The maximum Gasteiger partial charge on any atom is 0.241 e. The number of carbonyl (C=O) groups excluding carboxylic acids is 1. The summed E-state index contributed by atoms with van der Waals surface area (Å²) in [5.41, 5.74) is 1.82. The average Bonchev–Trinajstić information content (AvgIpc) is 2.67. The van der Waals surface area contributed by atoms with Crippen molar-refractivity contribution in [1.29, 1.82) is 0 Å². The number of hydrogen-bond donors (Lipinski definition) is 1. The van der Waals surface area contributed by atoms with E-state index < -0.39 is 10.0 Å². The Morgan fingerprint density at radius 1 is 1.07 bits per heavy atom. The molecule has 156 valence electrons. The number of nitrogens with zero attached hydrogens (tertiary/aromatic N) is 1. The van der Waals surface area contributed by atoms with Crippen LogP contribution in [-0.4, -0.2) is 38.4 Å². The van der Waals surface area contributed by atoms with Crippen LogP contribution in [0.15, 0.2) is 23.1 Å². The highest BCUT2D eigenvalue weighted by atomic mass is 32.2. The fraction of sp³-hybridized carbons (Fsp3) is 0.682. The number of sulfonamides is 1. The first-order valence-corrected chi connectivity index (χ1v) is 12.2. The van der Waals surface area contributed by atoms with Gasteiger partial charge in [-0.2, -0.15) is 0 Å². The summed E-state index contributed by atoms with van der Waals surface area (Å²) in [6, 6.07) is 5.29. The van der Waals surface area contributed by atoms with Crippen molar-refractivity contribution >= 4 is 15.9 Å². The summed E-state index contributed by atoms with van der Waals surface area (Å²) in [7, 11) is -3.52. The smallest absolute Gasteiger partial charge is 0.241 e. The second-order valence-electron chi connectivity index (χ2n) is 8.59. The minimum Gasteiger partial charge on any atom is -0.343 e. The van der Waals surface area contributed by atoms with Crippen molar-refractivity contribution in [2.45, 2.75) is 82.6 Å². The van der Waals surface area contributed by atoms with Gasteiger partial charge in [-0.25, -0.2) is 13.1 Å². The van der Waals surface area contributed by atoms with Crippen molar-refractivity contribution in [3.63, 3.8) is 0 Å². The number of amides is 1. The van der Waals surface area contributed by atoms with Crippen LogP contribution in [0.1, 0.15) is 68.9 Å². The van der Waals surface area contributed by atoms with E-state index in [4.69, 9.17) is 0 Å². The molecule has 0 radical (unpaired) electrons. The molecule has 1 aliphatic heterocycles. The Bertz CT molecular complexity index is 777. The van der Waals surface area contributed by atoms with E-state index in [1.165, 1.54) is 32.1 Å². The summed E-state index contributed by atoms with van der Waals surface area (Å²) in [6.45, 7) is 5.07. The average molecular weight is 407 g/mol. The lowest BCUT2D eigenvalue weighted by Crippen LogP contribution is -2.46. The van der Waals surface area contributed by atoms with Crippen LogP contribution >= 0.6 is 0 Å². The highest BCUT2D eigenvalue weighted by molar-refractivity contribution is 7.89. The third-order valence-corrected chi connectivity index (χ3v) is 7.96. The van der Waals surface area contributed by atoms with Gasteiger partial charge in [-0.1, -0.05) is 49.8 Å². The second-order valence-corrected chi connectivity index (χ2v) is 10.3. The Hall–Kier alpha value is -1.40. The molecule has 0 unspecified atom stereocenters. The molecule has 6 heteroatoms. The van der Waals surface area contributed by atoms with Gasteiger partial charge >= 0.3 is 0 Å². The van der Waals surface area contributed by atoms with Gasteiger partial charge in [-0.05, 0) is 50.7 Å². The number of benzene rings is 1. The molecular weight excluding hydrogens is 372 g/mol. The Kier molecular flexibility index (Phi) is 7.15. The molecule has 0 spiro atoms. The van der Waals surface area contributed by atoms with Crippen LogP contribution in [0.2, 0.25) is 0 Å². The normalized spacial score (nSPS) is 19.7. The van der Waals surface area contributed by atoms with Crippen LogP contribution < -0.4 is 4.72 Å². The van der Waals surface area contributed by atoms with Gasteiger partial charge in [0.2, 0.25) is 15.9 Å². The third kappa shape index (κ3) is 5.57. The van der Waals surface area contributed by atoms with Crippen molar-refractivity contribution in [3.8, 4) is 0 Å². The molecule has 1 aromatic carbocycles. The molecule has 0 atom stereocenters. The van der Waals surface area contributed by atoms with E-state index >= 15 is 0 Å². The molecule has 1 saturated carbocycles. The van der Waals surface area contributed by atoms with Gasteiger partial charge in [0.15, 0.2) is 0 Å². The molecule has 1 N–H and O–H groups in total. The number of carbonyl (C=O) groups is 1. The minimum absolute atomic E-state index is 0.104. The first kappa shape index (κ1) is 21.3. The van der Waals surface area contributed by atoms with Crippen LogP contribution in [0.5, 0.6) is 0 Å². The molecule has 1 amide bonds. The number of rotatable bonds is 6. The fourth-order valence-electron chi connectivity index (χ4n) is 4.59. The lowest BCUT2D eigenvalue weighted by Gasteiger charge is -2.33. The zero-order valence-electron chi connectivity index (χ0n) is 17.2. The lowest BCUT2D eigenvalue weighted by molar-refractivity contribution is -0.132. The van der Waals surface area contributed by atoms with Crippen molar-refractivity contribution in [3.05, 3.63) is 29.3 Å². The third-order valence-electron chi connectivity index (χ3n) is 6.28. The molecule has 0 aromatic heterocycles. The summed E-state index contributed by atoms with van der Waals surface area (Å²) in [6.07, 6.45) is 9.52. The molecule has 1 aliphatic carbocycles. The maximum atomic E-state index is 12.7. The van der Waals surface area contributed by atoms with E-state index in [-0.39, 0.29) is 11.9 Å². The standard InChI is InChI=1S/C22H34N2O3S/c1-17-8-10-21(18(2)16-17)28(26,27)23-20-12-14-24(15-13-20)22(25)11-9-19-6-4-3-5-7-19/h8,10,16,19-20,23H,3-7,9,11-15H2,1-2H3. The Labute approximate surface area is 169 Å². The largest absolute Gasteiger partial charge is 0.343 e.